The molecule has 0 unspecified atom stereocenters. The second-order valence-electron chi connectivity index (χ2n) is 8.53. The van der Waals surface area contributed by atoms with Gasteiger partial charge in [0.1, 0.15) is 11.5 Å². The highest BCUT2D eigenvalue weighted by molar-refractivity contribution is 6.08. The molecule has 5 heteroatoms. The van der Waals surface area contributed by atoms with E-state index < -0.39 is 0 Å². The fourth-order valence-corrected chi connectivity index (χ4v) is 4.56. The van der Waals surface area contributed by atoms with Crippen LogP contribution in [0, 0.1) is 6.92 Å². The summed E-state index contributed by atoms with van der Waals surface area (Å²) in [4.78, 5) is 18.2. The number of carbonyl (C=O) groups excluding carboxylic acids is 1. The van der Waals surface area contributed by atoms with E-state index in [1.54, 1.807) is 14.2 Å². The Morgan fingerprint density at radius 1 is 0.879 bits per heavy atom. The fraction of sp³-hybridized carbons (Fsp3) is 0.321. The Morgan fingerprint density at radius 3 is 2.15 bits per heavy atom. The Kier molecular flexibility index (Phi) is 7.30. The number of nitrogens with zero attached hydrogens (tertiary/aromatic N) is 2. The number of benzene rings is 3. The number of methoxy groups -OCH3 is 2. The molecule has 5 nitrogen and oxygen atoms in total. The summed E-state index contributed by atoms with van der Waals surface area (Å²) in [5.41, 5.74) is 3.89. The second-order valence-corrected chi connectivity index (χ2v) is 8.53. The number of rotatable bonds is 7. The number of hydrogen-bond acceptors (Lipinski definition) is 4. The van der Waals surface area contributed by atoms with Crippen LogP contribution in [0.2, 0.25) is 0 Å². The average molecular weight is 445 g/mol. The highest BCUT2D eigenvalue weighted by atomic mass is 16.5. The third kappa shape index (κ3) is 5.20. The van der Waals surface area contributed by atoms with Gasteiger partial charge in [-0.2, -0.15) is 0 Å². The fourth-order valence-electron chi connectivity index (χ4n) is 4.56. The zero-order valence-electron chi connectivity index (χ0n) is 19.7. The van der Waals surface area contributed by atoms with Crippen LogP contribution < -0.4 is 14.4 Å². The standard InChI is InChI=1S/C28H32N2O3/c1-21-12-14-23(15-13-21)30(28(31)25-9-5-7-11-27(25)33-3)24-16-18-29(19-17-24)20-22-8-4-6-10-26(22)32-2/h4-15,24H,16-20H2,1-3H3. The van der Waals surface area contributed by atoms with Crippen molar-refractivity contribution in [2.75, 3.05) is 32.2 Å². The Bertz CT molecular complexity index is 1070. The summed E-state index contributed by atoms with van der Waals surface area (Å²) in [5, 5.41) is 0. The van der Waals surface area contributed by atoms with Gasteiger partial charge in [-0.1, -0.05) is 48.0 Å². The molecule has 1 saturated heterocycles. The van der Waals surface area contributed by atoms with Gasteiger partial charge in [-0.25, -0.2) is 0 Å². The average Bonchev–Trinajstić information content (AvgIpc) is 2.86. The van der Waals surface area contributed by atoms with Crippen LogP contribution in [-0.2, 0) is 6.54 Å². The molecule has 0 bridgehead atoms. The Morgan fingerprint density at radius 2 is 1.48 bits per heavy atom. The molecule has 0 atom stereocenters. The maximum Gasteiger partial charge on any atom is 0.262 e. The van der Waals surface area contributed by atoms with Crippen molar-refractivity contribution in [3.05, 3.63) is 89.5 Å². The van der Waals surface area contributed by atoms with Gasteiger partial charge in [-0.3, -0.25) is 9.69 Å². The minimum atomic E-state index is -0.0144. The van der Waals surface area contributed by atoms with E-state index in [0.29, 0.717) is 11.3 Å². The lowest BCUT2D eigenvalue weighted by Gasteiger charge is -2.39. The Balaban J connectivity index is 1.54. The van der Waals surface area contributed by atoms with Crippen molar-refractivity contribution in [1.29, 1.82) is 0 Å². The number of anilines is 1. The topological polar surface area (TPSA) is 42.0 Å². The van der Waals surface area contributed by atoms with E-state index in [0.717, 1.165) is 43.9 Å². The molecular weight excluding hydrogens is 412 g/mol. The molecule has 1 fully saturated rings. The van der Waals surface area contributed by atoms with E-state index in [2.05, 4.69) is 36.1 Å². The molecule has 33 heavy (non-hydrogen) atoms. The molecule has 0 spiro atoms. The van der Waals surface area contributed by atoms with Crippen LogP contribution in [0.1, 0.15) is 34.3 Å². The van der Waals surface area contributed by atoms with Gasteiger partial charge in [-0.05, 0) is 50.1 Å². The predicted molar refractivity (Wildman–Crippen MR) is 132 cm³/mol. The number of amides is 1. The lowest BCUT2D eigenvalue weighted by molar-refractivity contribution is 0.0955. The molecule has 0 N–H and O–H groups in total. The van der Waals surface area contributed by atoms with E-state index in [4.69, 9.17) is 9.47 Å². The highest BCUT2D eigenvalue weighted by Crippen LogP contribution is 2.30. The summed E-state index contributed by atoms with van der Waals surface area (Å²) in [5.74, 6) is 1.51. The SMILES string of the molecule is COc1ccccc1CN1CCC(N(C(=O)c2ccccc2OC)c2ccc(C)cc2)CC1. The first-order valence-electron chi connectivity index (χ1n) is 11.5. The molecule has 4 rings (SSSR count). The van der Waals surface area contributed by atoms with Gasteiger partial charge in [0.2, 0.25) is 0 Å². The first-order chi connectivity index (χ1) is 16.1. The lowest BCUT2D eigenvalue weighted by Crippen LogP contribution is -2.47. The summed E-state index contributed by atoms with van der Waals surface area (Å²) in [6, 6.07) is 24.0. The molecule has 3 aromatic rings. The van der Waals surface area contributed by atoms with Gasteiger partial charge in [0, 0.05) is 36.9 Å². The van der Waals surface area contributed by atoms with Crippen molar-refractivity contribution in [3.8, 4) is 11.5 Å². The Labute approximate surface area is 196 Å². The molecule has 1 amide bonds. The number of para-hydroxylation sites is 2. The van der Waals surface area contributed by atoms with E-state index in [1.165, 1.54) is 11.1 Å². The zero-order valence-corrected chi connectivity index (χ0v) is 19.7. The number of ether oxygens (including phenoxy) is 2. The quantitative estimate of drug-likeness (QED) is 0.494. The smallest absolute Gasteiger partial charge is 0.262 e. The van der Waals surface area contributed by atoms with Crippen molar-refractivity contribution in [1.82, 2.24) is 4.90 Å². The van der Waals surface area contributed by atoms with Crippen LogP contribution in [0.15, 0.2) is 72.8 Å². The molecule has 0 aliphatic carbocycles. The molecular formula is C28H32N2O3. The van der Waals surface area contributed by atoms with Crippen molar-refractivity contribution in [2.24, 2.45) is 0 Å². The lowest BCUT2D eigenvalue weighted by atomic mass is 9.99. The molecule has 1 aliphatic heterocycles. The largest absolute Gasteiger partial charge is 0.496 e. The van der Waals surface area contributed by atoms with E-state index >= 15 is 0 Å². The van der Waals surface area contributed by atoms with E-state index in [9.17, 15) is 4.79 Å². The predicted octanol–water partition coefficient (Wildman–Crippen LogP) is 5.32. The molecule has 1 aliphatic rings. The third-order valence-electron chi connectivity index (χ3n) is 6.38. The number of hydrogen-bond donors (Lipinski definition) is 0. The number of aryl methyl sites for hydroxylation is 1. The molecule has 0 aromatic heterocycles. The number of likely N-dealkylation sites (tertiary alicyclic amines) is 1. The summed E-state index contributed by atoms with van der Waals surface area (Å²) in [7, 11) is 3.33. The monoisotopic (exact) mass is 444 g/mol. The van der Waals surface area contributed by atoms with Crippen molar-refractivity contribution in [2.45, 2.75) is 32.4 Å². The molecule has 1 heterocycles. The van der Waals surface area contributed by atoms with Gasteiger partial charge >= 0.3 is 0 Å². The normalized spacial score (nSPS) is 14.6. The second kappa shape index (κ2) is 10.5. The number of piperidine rings is 1. The van der Waals surface area contributed by atoms with Crippen LogP contribution in [0.5, 0.6) is 11.5 Å². The first kappa shape index (κ1) is 22.9. The number of carbonyl (C=O) groups is 1. The maximum absolute atomic E-state index is 13.8. The third-order valence-corrected chi connectivity index (χ3v) is 6.38. The maximum atomic E-state index is 13.8. The van der Waals surface area contributed by atoms with E-state index in [1.807, 2.05) is 53.4 Å². The molecule has 0 radical (unpaired) electrons. The van der Waals surface area contributed by atoms with Crippen LogP contribution >= 0.6 is 0 Å². The first-order valence-corrected chi connectivity index (χ1v) is 11.5. The highest BCUT2D eigenvalue weighted by Gasteiger charge is 2.31. The van der Waals surface area contributed by atoms with Crippen LogP contribution in [0.25, 0.3) is 0 Å². The summed E-state index contributed by atoms with van der Waals surface area (Å²) in [6.07, 6.45) is 1.81. The van der Waals surface area contributed by atoms with Gasteiger partial charge in [0.15, 0.2) is 0 Å². The van der Waals surface area contributed by atoms with Gasteiger partial charge in [0.25, 0.3) is 5.91 Å². The summed E-state index contributed by atoms with van der Waals surface area (Å²) in [6.45, 7) is 4.75. The minimum absolute atomic E-state index is 0.0144. The van der Waals surface area contributed by atoms with Gasteiger partial charge < -0.3 is 14.4 Å². The van der Waals surface area contributed by atoms with Gasteiger partial charge in [0.05, 0.1) is 19.8 Å². The van der Waals surface area contributed by atoms with Crippen LogP contribution in [0.4, 0.5) is 5.69 Å². The van der Waals surface area contributed by atoms with Crippen molar-refractivity contribution in [3.63, 3.8) is 0 Å². The molecule has 0 saturated carbocycles. The van der Waals surface area contributed by atoms with Gasteiger partial charge in [-0.15, -0.1) is 0 Å². The van der Waals surface area contributed by atoms with Crippen molar-refractivity contribution >= 4 is 11.6 Å². The summed E-state index contributed by atoms with van der Waals surface area (Å²) >= 11 is 0. The minimum Gasteiger partial charge on any atom is -0.496 e. The molecule has 3 aromatic carbocycles. The zero-order chi connectivity index (χ0) is 23.2. The molecule has 172 valence electrons. The Hall–Kier alpha value is -3.31. The van der Waals surface area contributed by atoms with E-state index in [-0.39, 0.29) is 11.9 Å². The summed E-state index contributed by atoms with van der Waals surface area (Å²) < 4.78 is 11.0. The van der Waals surface area contributed by atoms with Crippen LogP contribution in [-0.4, -0.2) is 44.2 Å². The van der Waals surface area contributed by atoms with Crippen molar-refractivity contribution < 1.29 is 14.3 Å². The van der Waals surface area contributed by atoms with Crippen LogP contribution in [0.3, 0.4) is 0 Å².